The molecular weight excluding hydrogens is 292 g/mol. The monoisotopic (exact) mass is 310 g/mol. The van der Waals surface area contributed by atoms with Crippen LogP contribution in [0.25, 0.3) is 6.08 Å². The number of benzene rings is 1. The van der Waals surface area contributed by atoms with Crippen LogP contribution >= 0.6 is 0 Å². The number of carbonyl (C=O) groups is 2. The third-order valence-corrected chi connectivity index (χ3v) is 4.28. The fraction of sp³-hybridized carbons (Fsp3) is 0.278. The lowest BCUT2D eigenvalue weighted by Crippen LogP contribution is -2.37. The number of fused-ring (bicyclic) bond motifs is 1. The topological polar surface area (TPSA) is 63.4 Å². The third kappa shape index (κ3) is 2.38. The van der Waals surface area contributed by atoms with Gasteiger partial charge < -0.3 is 4.42 Å². The maximum absolute atomic E-state index is 12.7. The fourth-order valence-corrected chi connectivity index (χ4v) is 2.82. The number of oxazole rings is 1. The molecule has 23 heavy (non-hydrogen) atoms. The van der Waals surface area contributed by atoms with E-state index in [-0.39, 0.29) is 17.7 Å². The van der Waals surface area contributed by atoms with Gasteiger partial charge in [-0.25, -0.2) is 4.98 Å². The Kier molecular flexibility index (Phi) is 3.86. The normalized spacial score (nSPS) is 16.3. The van der Waals surface area contributed by atoms with Crippen molar-refractivity contribution >= 4 is 17.9 Å². The van der Waals surface area contributed by atoms with Crippen LogP contribution < -0.4 is 0 Å². The molecule has 0 radical (unpaired) electrons. The number of imide groups is 1. The predicted molar refractivity (Wildman–Crippen MR) is 85.7 cm³/mol. The minimum atomic E-state index is -0.527. The maximum Gasteiger partial charge on any atom is 0.262 e. The molecule has 2 heterocycles. The lowest BCUT2D eigenvalue weighted by Gasteiger charge is -2.28. The molecule has 0 fully saturated rings. The molecule has 5 heteroatoms. The lowest BCUT2D eigenvalue weighted by molar-refractivity contribution is 0.0492. The van der Waals surface area contributed by atoms with Gasteiger partial charge in [-0.15, -0.1) is 0 Å². The van der Waals surface area contributed by atoms with Crippen LogP contribution in [0.5, 0.6) is 0 Å². The Balaban J connectivity index is 2.06. The Labute approximate surface area is 134 Å². The Morgan fingerprint density at radius 3 is 2.35 bits per heavy atom. The van der Waals surface area contributed by atoms with Crippen LogP contribution in [0.15, 0.2) is 41.5 Å². The summed E-state index contributed by atoms with van der Waals surface area (Å²) in [5.41, 5.74) is 0.864. The smallest absolute Gasteiger partial charge is 0.262 e. The standard InChI is InChI=1S/C18H18N2O3/c1-4-11(3)15(16-19-10-12(5-2)23-16)20-17(21)13-8-6-7-9-14(13)18(20)22/h5-11,15H,2,4H2,1,3H3/t11-,15+/m0/s1. The third-order valence-electron chi connectivity index (χ3n) is 4.28. The number of hydrogen-bond acceptors (Lipinski definition) is 4. The summed E-state index contributed by atoms with van der Waals surface area (Å²) < 4.78 is 5.65. The van der Waals surface area contributed by atoms with Gasteiger partial charge in [0, 0.05) is 0 Å². The highest BCUT2D eigenvalue weighted by molar-refractivity contribution is 6.21. The van der Waals surface area contributed by atoms with E-state index in [2.05, 4.69) is 11.6 Å². The first-order valence-corrected chi connectivity index (χ1v) is 7.63. The van der Waals surface area contributed by atoms with Crippen LogP contribution in [0.3, 0.4) is 0 Å². The number of carbonyl (C=O) groups excluding carboxylic acids is 2. The van der Waals surface area contributed by atoms with E-state index < -0.39 is 6.04 Å². The summed E-state index contributed by atoms with van der Waals surface area (Å²) in [7, 11) is 0. The molecule has 1 aromatic heterocycles. The van der Waals surface area contributed by atoms with Crippen molar-refractivity contribution in [2.45, 2.75) is 26.3 Å². The zero-order valence-electron chi connectivity index (χ0n) is 13.2. The molecule has 2 atom stereocenters. The van der Waals surface area contributed by atoms with Gasteiger partial charge in [0.1, 0.15) is 11.8 Å². The maximum atomic E-state index is 12.7. The summed E-state index contributed by atoms with van der Waals surface area (Å²) in [6.45, 7) is 7.63. The van der Waals surface area contributed by atoms with Crippen molar-refractivity contribution in [2.24, 2.45) is 5.92 Å². The molecule has 2 amide bonds. The molecular formula is C18H18N2O3. The van der Waals surface area contributed by atoms with Crippen molar-refractivity contribution in [3.63, 3.8) is 0 Å². The SMILES string of the molecule is C=Cc1cnc([C@@H]([C@@H](C)CC)N2C(=O)c3ccccc3C2=O)o1. The van der Waals surface area contributed by atoms with E-state index in [0.717, 1.165) is 6.42 Å². The minimum absolute atomic E-state index is 0.0218. The number of hydrogen-bond donors (Lipinski definition) is 0. The largest absolute Gasteiger partial charge is 0.439 e. The van der Waals surface area contributed by atoms with Crippen LogP contribution in [0, 0.1) is 5.92 Å². The molecule has 1 aromatic carbocycles. The van der Waals surface area contributed by atoms with Crippen molar-refractivity contribution in [2.75, 3.05) is 0 Å². The van der Waals surface area contributed by atoms with Gasteiger partial charge in [-0.1, -0.05) is 39.0 Å². The molecule has 0 spiro atoms. The highest BCUT2D eigenvalue weighted by Gasteiger charge is 2.43. The molecule has 0 bridgehead atoms. The quantitative estimate of drug-likeness (QED) is 0.790. The zero-order chi connectivity index (χ0) is 16.6. The van der Waals surface area contributed by atoms with E-state index in [1.807, 2.05) is 13.8 Å². The van der Waals surface area contributed by atoms with Crippen molar-refractivity contribution in [1.29, 1.82) is 0 Å². The predicted octanol–water partition coefficient (Wildman–Crippen LogP) is 3.70. The Morgan fingerprint density at radius 1 is 1.26 bits per heavy atom. The van der Waals surface area contributed by atoms with E-state index in [0.29, 0.717) is 22.8 Å². The lowest BCUT2D eigenvalue weighted by atomic mass is 9.97. The number of amides is 2. The van der Waals surface area contributed by atoms with Crippen molar-refractivity contribution < 1.29 is 14.0 Å². The highest BCUT2D eigenvalue weighted by Crippen LogP contribution is 2.36. The summed E-state index contributed by atoms with van der Waals surface area (Å²) >= 11 is 0. The summed E-state index contributed by atoms with van der Waals surface area (Å²) in [4.78, 5) is 31.0. The van der Waals surface area contributed by atoms with Gasteiger partial charge >= 0.3 is 0 Å². The summed E-state index contributed by atoms with van der Waals surface area (Å²) in [5.74, 6) is 0.311. The minimum Gasteiger partial charge on any atom is -0.439 e. The molecule has 0 saturated heterocycles. The Morgan fingerprint density at radius 2 is 1.87 bits per heavy atom. The molecule has 3 rings (SSSR count). The second-order valence-electron chi connectivity index (χ2n) is 5.66. The summed E-state index contributed by atoms with van der Waals surface area (Å²) in [5, 5.41) is 0. The second kappa shape index (κ2) is 5.83. The summed E-state index contributed by atoms with van der Waals surface area (Å²) in [6.07, 6.45) is 3.88. The van der Waals surface area contributed by atoms with Gasteiger partial charge in [-0.05, 0) is 24.1 Å². The first-order chi connectivity index (χ1) is 11.1. The van der Waals surface area contributed by atoms with Crippen LogP contribution in [0.1, 0.15) is 58.7 Å². The van der Waals surface area contributed by atoms with E-state index >= 15 is 0 Å². The van der Waals surface area contributed by atoms with E-state index in [4.69, 9.17) is 4.42 Å². The van der Waals surface area contributed by atoms with Crippen LogP contribution in [0.4, 0.5) is 0 Å². The van der Waals surface area contributed by atoms with Gasteiger partial charge in [-0.2, -0.15) is 0 Å². The average molecular weight is 310 g/mol. The van der Waals surface area contributed by atoms with Crippen molar-refractivity contribution in [3.05, 3.63) is 59.8 Å². The zero-order valence-corrected chi connectivity index (χ0v) is 13.2. The number of aromatic nitrogens is 1. The Bertz CT molecular complexity index is 743. The van der Waals surface area contributed by atoms with Gasteiger partial charge in [0.15, 0.2) is 0 Å². The van der Waals surface area contributed by atoms with E-state index in [9.17, 15) is 9.59 Å². The van der Waals surface area contributed by atoms with Crippen molar-refractivity contribution in [1.82, 2.24) is 9.88 Å². The Hall–Kier alpha value is -2.69. The van der Waals surface area contributed by atoms with Crippen LogP contribution in [0.2, 0.25) is 0 Å². The van der Waals surface area contributed by atoms with E-state index in [1.54, 1.807) is 36.5 Å². The van der Waals surface area contributed by atoms with Gasteiger partial charge in [-0.3, -0.25) is 14.5 Å². The molecule has 5 nitrogen and oxygen atoms in total. The number of rotatable bonds is 5. The second-order valence-corrected chi connectivity index (χ2v) is 5.66. The van der Waals surface area contributed by atoms with Gasteiger partial charge in [0.05, 0.1) is 17.3 Å². The molecule has 0 N–H and O–H groups in total. The van der Waals surface area contributed by atoms with Crippen LogP contribution in [-0.2, 0) is 0 Å². The molecule has 118 valence electrons. The molecule has 0 aliphatic carbocycles. The van der Waals surface area contributed by atoms with E-state index in [1.165, 1.54) is 4.90 Å². The van der Waals surface area contributed by atoms with Crippen molar-refractivity contribution in [3.8, 4) is 0 Å². The first-order valence-electron chi connectivity index (χ1n) is 7.63. The van der Waals surface area contributed by atoms with Gasteiger partial charge in [0.2, 0.25) is 5.89 Å². The highest BCUT2D eigenvalue weighted by atomic mass is 16.4. The molecule has 2 aromatic rings. The molecule has 0 saturated carbocycles. The van der Waals surface area contributed by atoms with Gasteiger partial charge in [0.25, 0.3) is 11.8 Å². The average Bonchev–Trinajstić information content (AvgIpc) is 3.14. The number of nitrogens with zero attached hydrogens (tertiary/aromatic N) is 2. The first kappa shape index (κ1) is 15.2. The molecule has 1 aliphatic rings. The fourth-order valence-electron chi connectivity index (χ4n) is 2.82. The molecule has 1 aliphatic heterocycles. The molecule has 0 unspecified atom stereocenters. The summed E-state index contributed by atoms with van der Waals surface area (Å²) in [6, 6.07) is 6.34. The van der Waals surface area contributed by atoms with Crippen LogP contribution in [-0.4, -0.2) is 21.7 Å².